The van der Waals surface area contributed by atoms with Crippen LogP contribution in [0.25, 0.3) is 6.08 Å². The minimum absolute atomic E-state index is 0.142. The van der Waals surface area contributed by atoms with Gasteiger partial charge in [-0.15, -0.1) is 0 Å². The molecule has 0 unspecified atom stereocenters. The number of aryl methyl sites for hydroxylation is 2. The molecular weight excluding hydrogens is 540 g/mol. The van der Waals surface area contributed by atoms with Gasteiger partial charge in [0.05, 0.1) is 18.6 Å². The number of hydrogen-bond donors (Lipinski definition) is 1. The largest absolute Gasteiger partial charge is 0.493 e. The molecule has 1 N–H and O–H groups in total. The van der Waals surface area contributed by atoms with Crippen molar-refractivity contribution < 1.29 is 28.6 Å². The van der Waals surface area contributed by atoms with Crippen molar-refractivity contribution in [1.29, 1.82) is 0 Å². The van der Waals surface area contributed by atoms with Crippen LogP contribution < -0.4 is 19.5 Å². The molecule has 1 heterocycles. The van der Waals surface area contributed by atoms with Gasteiger partial charge in [-0.1, -0.05) is 29.8 Å². The number of halogens is 1. The smallest absolute Gasteiger partial charge is 0.293 e. The van der Waals surface area contributed by atoms with Gasteiger partial charge in [0.15, 0.2) is 18.1 Å². The molecule has 1 fully saturated rings. The lowest BCUT2D eigenvalue weighted by atomic mass is 10.1. The maximum atomic E-state index is 12.9. The summed E-state index contributed by atoms with van der Waals surface area (Å²) < 4.78 is 16.9. The molecule has 0 aromatic heterocycles. The van der Waals surface area contributed by atoms with Gasteiger partial charge in [-0.05, 0) is 90.8 Å². The zero-order valence-corrected chi connectivity index (χ0v) is 23.2. The minimum atomic E-state index is -0.382. The molecule has 202 valence electrons. The third kappa shape index (κ3) is 7.34. The molecule has 0 aliphatic carbocycles. The van der Waals surface area contributed by atoms with Gasteiger partial charge in [0, 0.05) is 10.7 Å². The molecule has 3 aromatic rings. The summed E-state index contributed by atoms with van der Waals surface area (Å²) in [6, 6.07) is 17.6. The maximum Gasteiger partial charge on any atom is 0.293 e. The molecule has 4 rings (SSSR count). The summed E-state index contributed by atoms with van der Waals surface area (Å²) in [5.41, 5.74) is 3.29. The second-order valence-electron chi connectivity index (χ2n) is 8.70. The molecule has 1 aliphatic heterocycles. The van der Waals surface area contributed by atoms with Crippen LogP contribution in [0.3, 0.4) is 0 Å². The Hall–Kier alpha value is -3.95. The second-order valence-corrected chi connectivity index (χ2v) is 10.1. The molecule has 3 aromatic carbocycles. The van der Waals surface area contributed by atoms with Gasteiger partial charge in [0.25, 0.3) is 17.1 Å². The molecule has 0 spiro atoms. The molecule has 3 amide bonds. The van der Waals surface area contributed by atoms with Crippen molar-refractivity contribution in [2.45, 2.75) is 13.8 Å². The number of amides is 3. The van der Waals surface area contributed by atoms with E-state index in [2.05, 4.69) is 5.32 Å². The van der Waals surface area contributed by atoms with Crippen molar-refractivity contribution in [2.24, 2.45) is 0 Å². The van der Waals surface area contributed by atoms with Crippen molar-refractivity contribution in [3.8, 4) is 17.2 Å². The summed E-state index contributed by atoms with van der Waals surface area (Å²) in [7, 11) is 1.48. The second kappa shape index (κ2) is 12.7. The van der Waals surface area contributed by atoms with E-state index in [1.807, 2.05) is 32.0 Å². The number of carbonyl (C=O) groups excluding carboxylic acids is 3. The molecule has 0 saturated carbocycles. The standard InChI is InChI=1S/C29H27ClN2O6S/c1-18-4-5-19(2)24(14-18)37-13-12-32-28(34)26(39-29(32)35)16-20-6-11-23(25(15-20)36-3)38-17-27(33)31-22-9-7-21(30)8-10-22/h4-11,14-16H,12-13,17H2,1-3H3,(H,31,33)/b26-16-. The number of rotatable bonds is 10. The highest BCUT2D eigenvalue weighted by Crippen LogP contribution is 2.34. The molecule has 1 aliphatic rings. The summed E-state index contributed by atoms with van der Waals surface area (Å²) in [4.78, 5) is 39.1. The topological polar surface area (TPSA) is 94.2 Å². The first-order valence-electron chi connectivity index (χ1n) is 12.0. The van der Waals surface area contributed by atoms with Crippen LogP contribution in [0.4, 0.5) is 10.5 Å². The lowest BCUT2D eigenvalue weighted by Gasteiger charge is -2.14. The molecule has 10 heteroatoms. The number of benzene rings is 3. The van der Waals surface area contributed by atoms with Gasteiger partial charge in [-0.3, -0.25) is 19.3 Å². The van der Waals surface area contributed by atoms with Crippen molar-refractivity contribution in [3.05, 3.63) is 87.3 Å². The van der Waals surface area contributed by atoms with E-state index in [9.17, 15) is 14.4 Å². The van der Waals surface area contributed by atoms with Crippen LogP contribution in [0.2, 0.25) is 5.02 Å². The zero-order valence-electron chi connectivity index (χ0n) is 21.7. The van der Waals surface area contributed by atoms with Crippen molar-refractivity contribution in [1.82, 2.24) is 4.90 Å². The SMILES string of the molecule is COc1cc(/C=C2\SC(=O)N(CCOc3cc(C)ccc3C)C2=O)ccc1OCC(=O)Nc1ccc(Cl)cc1. The monoisotopic (exact) mass is 566 g/mol. The molecule has 8 nitrogen and oxygen atoms in total. The quantitative estimate of drug-likeness (QED) is 0.296. The number of nitrogens with one attached hydrogen (secondary N) is 1. The molecule has 0 atom stereocenters. The first-order chi connectivity index (χ1) is 18.7. The van der Waals surface area contributed by atoms with Crippen LogP contribution in [-0.4, -0.2) is 48.8 Å². The first kappa shape index (κ1) is 28.1. The fourth-order valence-electron chi connectivity index (χ4n) is 3.72. The Labute approximate surface area is 235 Å². The van der Waals surface area contributed by atoms with Crippen molar-refractivity contribution >= 4 is 52.2 Å². The third-order valence-corrected chi connectivity index (χ3v) is 6.92. The van der Waals surface area contributed by atoms with E-state index < -0.39 is 0 Å². The normalized spacial score (nSPS) is 14.1. The Morgan fingerprint density at radius 2 is 1.74 bits per heavy atom. The van der Waals surface area contributed by atoms with E-state index >= 15 is 0 Å². The summed E-state index contributed by atoms with van der Waals surface area (Å²) >= 11 is 6.73. The van der Waals surface area contributed by atoms with Gasteiger partial charge in [-0.25, -0.2) is 0 Å². The van der Waals surface area contributed by atoms with E-state index in [-0.39, 0.29) is 36.8 Å². The van der Waals surface area contributed by atoms with Crippen molar-refractivity contribution in [2.75, 3.05) is 32.2 Å². The van der Waals surface area contributed by atoms with Gasteiger partial charge in [-0.2, -0.15) is 0 Å². The Morgan fingerprint density at radius 1 is 0.974 bits per heavy atom. The highest BCUT2D eigenvalue weighted by atomic mass is 35.5. The molecule has 0 bridgehead atoms. The number of anilines is 1. The number of ether oxygens (including phenoxy) is 3. The van der Waals surface area contributed by atoms with E-state index in [0.717, 1.165) is 28.6 Å². The number of methoxy groups -OCH3 is 1. The Kier molecular flexibility index (Phi) is 9.16. The van der Waals surface area contributed by atoms with E-state index in [0.29, 0.717) is 32.7 Å². The summed E-state index contributed by atoms with van der Waals surface area (Å²) in [5, 5.41) is 2.94. The average molecular weight is 567 g/mol. The van der Waals surface area contributed by atoms with Crippen molar-refractivity contribution in [3.63, 3.8) is 0 Å². The lowest BCUT2D eigenvalue weighted by Crippen LogP contribution is -2.32. The zero-order chi connectivity index (χ0) is 27.9. The first-order valence-corrected chi connectivity index (χ1v) is 13.2. The van der Waals surface area contributed by atoms with Crippen LogP contribution in [0.5, 0.6) is 17.2 Å². The van der Waals surface area contributed by atoms with Gasteiger partial charge >= 0.3 is 0 Å². The van der Waals surface area contributed by atoms with Gasteiger partial charge in [0.2, 0.25) is 0 Å². The molecule has 0 radical (unpaired) electrons. The third-order valence-electron chi connectivity index (χ3n) is 5.76. The lowest BCUT2D eigenvalue weighted by molar-refractivity contribution is -0.123. The highest BCUT2D eigenvalue weighted by molar-refractivity contribution is 8.18. The minimum Gasteiger partial charge on any atom is -0.493 e. The van der Waals surface area contributed by atoms with Crippen LogP contribution >= 0.6 is 23.4 Å². The Balaban J connectivity index is 1.35. The molecular formula is C29H27ClN2O6S. The molecule has 39 heavy (non-hydrogen) atoms. The van der Waals surface area contributed by atoms with E-state index in [1.165, 1.54) is 12.0 Å². The summed E-state index contributed by atoms with van der Waals surface area (Å²) in [5.74, 6) is 0.738. The molecule has 1 saturated heterocycles. The van der Waals surface area contributed by atoms with Crippen LogP contribution in [0.1, 0.15) is 16.7 Å². The van der Waals surface area contributed by atoms with Crippen LogP contribution in [0.15, 0.2) is 65.6 Å². The maximum absolute atomic E-state index is 12.9. The van der Waals surface area contributed by atoms with Gasteiger partial charge < -0.3 is 19.5 Å². The van der Waals surface area contributed by atoms with Crippen LogP contribution in [0, 0.1) is 13.8 Å². The number of imide groups is 1. The Morgan fingerprint density at radius 3 is 2.49 bits per heavy atom. The summed E-state index contributed by atoms with van der Waals surface area (Å²) in [6.45, 7) is 4.02. The number of thioether (sulfide) groups is 1. The fraction of sp³-hybridized carbons (Fsp3) is 0.207. The predicted molar refractivity (Wildman–Crippen MR) is 153 cm³/mol. The Bertz CT molecular complexity index is 1420. The number of carbonyl (C=O) groups is 3. The number of hydrogen-bond acceptors (Lipinski definition) is 7. The average Bonchev–Trinajstić information content (AvgIpc) is 3.18. The van der Waals surface area contributed by atoms with Crippen LogP contribution in [-0.2, 0) is 9.59 Å². The van der Waals surface area contributed by atoms with Gasteiger partial charge in [0.1, 0.15) is 12.4 Å². The predicted octanol–water partition coefficient (Wildman–Crippen LogP) is 6.10. The fourth-order valence-corrected chi connectivity index (χ4v) is 4.71. The van der Waals surface area contributed by atoms with E-state index in [4.69, 9.17) is 25.8 Å². The highest BCUT2D eigenvalue weighted by Gasteiger charge is 2.34. The summed E-state index contributed by atoms with van der Waals surface area (Å²) in [6.07, 6.45) is 1.62. The van der Waals surface area contributed by atoms with E-state index in [1.54, 1.807) is 48.5 Å². The number of nitrogens with zero attached hydrogens (tertiary/aromatic N) is 1.